The fourth-order valence-corrected chi connectivity index (χ4v) is 8.10. The predicted octanol–water partition coefficient (Wildman–Crippen LogP) is 18.7. The molecule has 0 aliphatic heterocycles. The monoisotopic (exact) mass is 911 g/mol. The van der Waals surface area contributed by atoms with Crippen LogP contribution in [0.1, 0.15) is 290 Å². The van der Waals surface area contributed by atoms with E-state index in [1.54, 1.807) is 0 Å². The molecule has 0 unspecified atom stereocenters. The average molecular weight is 911 g/mol. The minimum absolute atomic E-state index is 0.0800. The third-order valence-electron chi connectivity index (χ3n) is 12.3. The number of esters is 3. The second-order valence-electron chi connectivity index (χ2n) is 18.8. The van der Waals surface area contributed by atoms with E-state index in [0.717, 1.165) is 103 Å². The first-order valence-corrected chi connectivity index (χ1v) is 28.1. The number of carbonyl (C=O) groups excluding carboxylic acids is 3. The zero-order valence-electron chi connectivity index (χ0n) is 43.3. The molecule has 6 nitrogen and oxygen atoms in total. The van der Waals surface area contributed by atoms with Crippen molar-refractivity contribution in [3.05, 3.63) is 48.6 Å². The van der Waals surface area contributed by atoms with Gasteiger partial charge in [-0.1, -0.05) is 243 Å². The van der Waals surface area contributed by atoms with Crippen LogP contribution >= 0.6 is 0 Å². The molecule has 0 fully saturated rings. The van der Waals surface area contributed by atoms with Crippen LogP contribution in [0.2, 0.25) is 0 Å². The standard InChI is InChI=1S/C59H106O6/c1-4-7-10-13-16-19-22-25-27-28-29-30-32-34-37-40-43-46-49-52-58(61)64-55-56(54-63-57(60)51-48-45-42-39-36-33-24-21-18-15-12-9-6-3)65-59(62)53-50-47-44-41-38-35-31-26-23-20-17-14-11-8-5-2/h8,11,17,20-21,24,26,31,56H,4-7,9-10,12-16,18-19,22-23,25,27-30,32-55H2,1-3H3/b11-8+,20-17+,24-21+,31-26+/t56-/m1/s1. The van der Waals surface area contributed by atoms with E-state index in [9.17, 15) is 14.4 Å². The van der Waals surface area contributed by atoms with E-state index < -0.39 is 6.10 Å². The van der Waals surface area contributed by atoms with Crippen LogP contribution in [0, 0.1) is 0 Å². The quantitative estimate of drug-likeness (QED) is 0.0262. The van der Waals surface area contributed by atoms with Crippen molar-refractivity contribution in [1.29, 1.82) is 0 Å². The molecule has 0 aromatic heterocycles. The van der Waals surface area contributed by atoms with Crippen LogP contribution in [0.4, 0.5) is 0 Å². The Bertz CT molecular complexity index is 1140. The van der Waals surface area contributed by atoms with Crippen molar-refractivity contribution in [2.45, 2.75) is 297 Å². The van der Waals surface area contributed by atoms with Gasteiger partial charge in [-0.3, -0.25) is 14.4 Å². The molecule has 1 atom stereocenters. The molecule has 0 aromatic rings. The normalized spacial score (nSPS) is 12.4. The van der Waals surface area contributed by atoms with Gasteiger partial charge in [0.1, 0.15) is 13.2 Å². The van der Waals surface area contributed by atoms with Crippen molar-refractivity contribution < 1.29 is 28.6 Å². The second-order valence-corrected chi connectivity index (χ2v) is 18.8. The molecule has 378 valence electrons. The summed E-state index contributed by atoms with van der Waals surface area (Å²) in [5.41, 5.74) is 0. The fourth-order valence-electron chi connectivity index (χ4n) is 8.10. The van der Waals surface area contributed by atoms with Crippen molar-refractivity contribution in [1.82, 2.24) is 0 Å². The lowest BCUT2D eigenvalue weighted by Crippen LogP contribution is -2.30. The summed E-state index contributed by atoms with van der Waals surface area (Å²) in [4.78, 5) is 38.1. The van der Waals surface area contributed by atoms with Gasteiger partial charge in [0.05, 0.1) is 0 Å². The molecule has 0 saturated carbocycles. The Balaban J connectivity index is 4.34. The van der Waals surface area contributed by atoms with E-state index in [1.165, 1.54) is 148 Å². The molecule has 0 rings (SSSR count). The van der Waals surface area contributed by atoms with Gasteiger partial charge in [0.25, 0.3) is 0 Å². The summed E-state index contributed by atoms with van der Waals surface area (Å²) >= 11 is 0. The summed E-state index contributed by atoms with van der Waals surface area (Å²) in [6.45, 7) is 6.52. The lowest BCUT2D eigenvalue weighted by atomic mass is 10.0. The van der Waals surface area contributed by atoms with E-state index in [4.69, 9.17) is 14.2 Å². The lowest BCUT2D eigenvalue weighted by molar-refractivity contribution is -0.167. The van der Waals surface area contributed by atoms with E-state index in [2.05, 4.69) is 69.4 Å². The van der Waals surface area contributed by atoms with Gasteiger partial charge in [-0.05, 0) is 77.0 Å². The van der Waals surface area contributed by atoms with Crippen LogP contribution in [-0.2, 0) is 28.6 Å². The fraction of sp³-hybridized carbons (Fsp3) is 0.814. The van der Waals surface area contributed by atoms with Crippen LogP contribution in [0.15, 0.2) is 48.6 Å². The summed E-state index contributed by atoms with van der Waals surface area (Å²) in [6, 6.07) is 0. The van der Waals surface area contributed by atoms with E-state index >= 15 is 0 Å². The molecule has 0 amide bonds. The third kappa shape index (κ3) is 52.2. The predicted molar refractivity (Wildman–Crippen MR) is 279 cm³/mol. The Morgan fingerprint density at radius 1 is 0.323 bits per heavy atom. The molecule has 0 saturated heterocycles. The minimum Gasteiger partial charge on any atom is -0.462 e. The second kappa shape index (κ2) is 54.0. The number of hydrogen-bond donors (Lipinski definition) is 0. The first kappa shape index (κ1) is 62.4. The molecule has 0 aromatic carbocycles. The number of rotatable bonds is 51. The topological polar surface area (TPSA) is 78.9 Å². The van der Waals surface area contributed by atoms with Gasteiger partial charge < -0.3 is 14.2 Å². The highest BCUT2D eigenvalue weighted by Gasteiger charge is 2.19. The first-order valence-electron chi connectivity index (χ1n) is 28.1. The largest absolute Gasteiger partial charge is 0.462 e. The van der Waals surface area contributed by atoms with Crippen molar-refractivity contribution in [3.8, 4) is 0 Å². The van der Waals surface area contributed by atoms with Gasteiger partial charge in [0, 0.05) is 19.3 Å². The smallest absolute Gasteiger partial charge is 0.306 e. The highest BCUT2D eigenvalue weighted by Crippen LogP contribution is 2.16. The van der Waals surface area contributed by atoms with Crippen LogP contribution in [0.3, 0.4) is 0 Å². The highest BCUT2D eigenvalue weighted by atomic mass is 16.6. The molecule has 0 heterocycles. The molecule has 0 radical (unpaired) electrons. The van der Waals surface area contributed by atoms with E-state index in [1.807, 2.05) is 0 Å². The van der Waals surface area contributed by atoms with Crippen molar-refractivity contribution in [2.24, 2.45) is 0 Å². The zero-order valence-corrected chi connectivity index (χ0v) is 43.3. The Morgan fingerprint density at radius 2 is 0.600 bits per heavy atom. The van der Waals surface area contributed by atoms with Gasteiger partial charge in [0.2, 0.25) is 0 Å². The maximum Gasteiger partial charge on any atom is 0.306 e. The molecular weight excluding hydrogens is 805 g/mol. The highest BCUT2D eigenvalue weighted by molar-refractivity contribution is 5.71. The molecule has 65 heavy (non-hydrogen) atoms. The Morgan fingerprint density at radius 3 is 0.969 bits per heavy atom. The Kier molecular flexibility index (Phi) is 51.8. The number of hydrogen-bond acceptors (Lipinski definition) is 6. The molecular formula is C59H106O6. The van der Waals surface area contributed by atoms with Crippen LogP contribution < -0.4 is 0 Å². The van der Waals surface area contributed by atoms with Crippen molar-refractivity contribution in [3.63, 3.8) is 0 Å². The van der Waals surface area contributed by atoms with E-state index in [-0.39, 0.29) is 31.1 Å². The maximum atomic E-state index is 12.8. The summed E-state index contributed by atoms with van der Waals surface area (Å²) in [5.74, 6) is -0.894. The number of unbranched alkanes of at least 4 members (excludes halogenated alkanes) is 32. The van der Waals surface area contributed by atoms with Crippen molar-refractivity contribution in [2.75, 3.05) is 13.2 Å². The summed E-state index contributed by atoms with van der Waals surface area (Å²) in [5, 5.41) is 0. The average Bonchev–Trinajstić information content (AvgIpc) is 3.30. The molecule has 0 aliphatic rings. The molecule has 0 N–H and O–H groups in total. The van der Waals surface area contributed by atoms with Crippen LogP contribution in [0.5, 0.6) is 0 Å². The number of allylic oxidation sites excluding steroid dienone is 8. The van der Waals surface area contributed by atoms with Crippen LogP contribution in [-0.4, -0.2) is 37.2 Å². The lowest BCUT2D eigenvalue weighted by Gasteiger charge is -2.18. The molecule has 6 heteroatoms. The molecule has 0 bridgehead atoms. The molecule has 0 aliphatic carbocycles. The Labute approximate surface area is 403 Å². The van der Waals surface area contributed by atoms with E-state index in [0.29, 0.717) is 19.3 Å². The first-order chi connectivity index (χ1) is 32.0. The Hall–Kier alpha value is -2.63. The maximum absolute atomic E-state index is 12.8. The van der Waals surface area contributed by atoms with Gasteiger partial charge in [-0.25, -0.2) is 0 Å². The summed E-state index contributed by atoms with van der Waals surface area (Å²) in [6.07, 6.45) is 65.3. The van der Waals surface area contributed by atoms with Crippen LogP contribution in [0.25, 0.3) is 0 Å². The van der Waals surface area contributed by atoms with Gasteiger partial charge in [-0.2, -0.15) is 0 Å². The number of carbonyl (C=O) groups is 3. The summed E-state index contributed by atoms with van der Waals surface area (Å²) in [7, 11) is 0. The summed E-state index contributed by atoms with van der Waals surface area (Å²) < 4.78 is 16.8. The van der Waals surface area contributed by atoms with Gasteiger partial charge in [-0.15, -0.1) is 0 Å². The van der Waals surface area contributed by atoms with Gasteiger partial charge in [0.15, 0.2) is 6.10 Å². The van der Waals surface area contributed by atoms with Gasteiger partial charge >= 0.3 is 17.9 Å². The van der Waals surface area contributed by atoms with Crippen molar-refractivity contribution >= 4 is 17.9 Å². The third-order valence-corrected chi connectivity index (χ3v) is 12.3. The zero-order chi connectivity index (χ0) is 47.2. The molecule has 0 spiro atoms. The minimum atomic E-state index is -0.783. The number of ether oxygens (including phenoxy) is 3. The SMILES string of the molecule is CC/C=C/C/C=C/C/C=C/CCCCCCCC(=O)O[C@H](COC(=O)CCCCCCC/C=C/CCCCCC)COC(=O)CCCCCCCCCCCCCCCCCCCCC.